The van der Waals surface area contributed by atoms with E-state index < -0.39 is 5.60 Å². The first kappa shape index (κ1) is 13.7. The molecule has 1 aromatic heterocycles. The van der Waals surface area contributed by atoms with Gasteiger partial charge in [0, 0.05) is 33.2 Å². The molecule has 0 spiro atoms. The molecule has 0 amide bonds. The van der Waals surface area contributed by atoms with Crippen molar-refractivity contribution in [3.63, 3.8) is 0 Å². The van der Waals surface area contributed by atoms with E-state index in [1.165, 1.54) is 0 Å². The Kier molecular flexibility index (Phi) is 4.46. The minimum Gasteiger partial charge on any atom is -0.381 e. The molecular weight excluding hydrogens is 378 g/mol. The largest absolute Gasteiger partial charge is 0.381 e. The molecule has 0 aromatic carbocycles. The van der Waals surface area contributed by atoms with Crippen molar-refractivity contribution in [2.75, 3.05) is 20.3 Å². The Morgan fingerprint density at radius 2 is 1.76 bits per heavy atom. The molecule has 2 heterocycles. The van der Waals surface area contributed by atoms with E-state index in [1.807, 2.05) is 22.6 Å². The van der Waals surface area contributed by atoms with Crippen LogP contribution in [-0.4, -0.2) is 30.3 Å². The molecule has 2 rings (SSSR count). The summed E-state index contributed by atoms with van der Waals surface area (Å²) in [6.07, 6.45) is 1.41. The normalized spacial score (nSPS) is 19.3. The van der Waals surface area contributed by atoms with E-state index in [-0.39, 0.29) is 0 Å². The van der Waals surface area contributed by atoms with Gasteiger partial charge in [0.25, 0.3) is 0 Å². The lowest BCUT2D eigenvalue weighted by Gasteiger charge is -2.34. The summed E-state index contributed by atoms with van der Waals surface area (Å²) >= 11 is 14.1. The Morgan fingerprint density at radius 3 is 2.24 bits per heavy atom. The molecule has 17 heavy (non-hydrogen) atoms. The van der Waals surface area contributed by atoms with Crippen molar-refractivity contribution < 1.29 is 9.47 Å². The van der Waals surface area contributed by atoms with Crippen LogP contribution in [0.2, 0.25) is 10.3 Å². The monoisotopic (exact) mass is 388 g/mol. The van der Waals surface area contributed by atoms with Gasteiger partial charge in [0.05, 0.1) is 3.57 Å². The first-order chi connectivity index (χ1) is 8.09. The van der Waals surface area contributed by atoms with Crippen LogP contribution in [0.5, 0.6) is 0 Å². The van der Waals surface area contributed by atoms with Crippen molar-refractivity contribution in [3.05, 3.63) is 19.7 Å². The molecular formula is C10H11Cl2IN2O2. The highest BCUT2D eigenvalue weighted by atomic mass is 127. The highest BCUT2D eigenvalue weighted by Gasteiger charge is 2.38. The number of aromatic nitrogens is 2. The Morgan fingerprint density at radius 1 is 1.24 bits per heavy atom. The molecule has 1 aromatic rings. The van der Waals surface area contributed by atoms with E-state index in [1.54, 1.807) is 7.11 Å². The summed E-state index contributed by atoms with van der Waals surface area (Å²) in [5, 5.41) is 0.729. The quantitative estimate of drug-likeness (QED) is 0.577. The van der Waals surface area contributed by atoms with Crippen LogP contribution >= 0.6 is 45.8 Å². The van der Waals surface area contributed by atoms with Gasteiger partial charge in [0.2, 0.25) is 0 Å². The molecule has 1 aliphatic rings. The second-order valence-corrected chi connectivity index (χ2v) is 5.55. The van der Waals surface area contributed by atoms with E-state index in [0.717, 1.165) is 0 Å². The maximum Gasteiger partial charge on any atom is 0.163 e. The first-order valence-corrected chi connectivity index (χ1v) is 6.94. The zero-order chi connectivity index (χ0) is 12.5. The maximum atomic E-state index is 6.03. The number of nitrogens with zero attached hydrogens (tertiary/aromatic N) is 2. The van der Waals surface area contributed by atoms with Crippen molar-refractivity contribution in [1.82, 2.24) is 9.97 Å². The molecule has 4 nitrogen and oxygen atoms in total. The Balaban J connectivity index is 2.43. The summed E-state index contributed by atoms with van der Waals surface area (Å²) in [4.78, 5) is 8.56. The smallest absolute Gasteiger partial charge is 0.163 e. The molecule has 0 radical (unpaired) electrons. The number of halogens is 3. The van der Waals surface area contributed by atoms with Gasteiger partial charge >= 0.3 is 0 Å². The van der Waals surface area contributed by atoms with Gasteiger partial charge in [-0.05, 0) is 22.6 Å². The summed E-state index contributed by atoms with van der Waals surface area (Å²) in [6.45, 7) is 1.25. The summed E-state index contributed by atoms with van der Waals surface area (Å²) in [6, 6.07) is 0. The average Bonchev–Trinajstić information content (AvgIpc) is 2.36. The zero-order valence-electron chi connectivity index (χ0n) is 9.17. The average molecular weight is 389 g/mol. The molecule has 0 unspecified atom stereocenters. The molecule has 1 saturated heterocycles. The van der Waals surface area contributed by atoms with Gasteiger partial charge in [-0.15, -0.1) is 0 Å². The van der Waals surface area contributed by atoms with E-state index in [4.69, 9.17) is 32.7 Å². The fourth-order valence-electron chi connectivity index (χ4n) is 1.82. The van der Waals surface area contributed by atoms with Crippen LogP contribution in [-0.2, 0) is 15.1 Å². The van der Waals surface area contributed by atoms with Gasteiger partial charge in [-0.3, -0.25) is 0 Å². The molecule has 0 aliphatic carbocycles. The third-order valence-electron chi connectivity index (χ3n) is 2.87. The molecule has 1 fully saturated rings. The first-order valence-electron chi connectivity index (χ1n) is 5.11. The zero-order valence-corrected chi connectivity index (χ0v) is 12.8. The van der Waals surface area contributed by atoms with Crippen LogP contribution in [0.1, 0.15) is 18.7 Å². The lowest BCUT2D eigenvalue weighted by atomic mass is 9.93. The minimum absolute atomic E-state index is 0.364. The minimum atomic E-state index is -0.532. The van der Waals surface area contributed by atoms with Crippen LogP contribution in [0.15, 0.2) is 0 Å². The number of ether oxygens (including phenoxy) is 2. The molecule has 0 saturated carbocycles. The SMILES string of the molecule is COC1(c2nc(Cl)c(I)c(Cl)n2)CCOCC1. The maximum absolute atomic E-state index is 6.03. The predicted octanol–water partition coefficient (Wildman–Crippen LogP) is 3.04. The van der Waals surface area contributed by atoms with E-state index in [9.17, 15) is 0 Å². The summed E-state index contributed by atoms with van der Waals surface area (Å²) in [5.74, 6) is 0.540. The van der Waals surface area contributed by atoms with Crippen molar-refractivity contribution in [2.24, 2.45) is 0 Å². The third-order valence-corrected chi connectivity index (χ3v) is 5.08. The summed E-state index contributed by atoms with van der Waals surface area (Å²) in [5.41, 5.74) is -0.532. The van der Waals surface area contributed by atoms with E-state index >= 15 is 0 Å². The standard InChI is InChI=1S/C10H11Cl2IN2O2/c1-16-10(2-4-17-5-3-10)9-14-7(11)6(13)8(12)15-9/h2-5H2,1H3. The summed E-state index contributed by atoms with van der Waals surface area (Å²) < 4.78 is 11.6. The van der Waals surface area contributed by atoms with Crippen LogP contribution < -0.4 is 0 Å². The highest BCUT2D eigenvalue weighted by molar-refractivity contribution is 14.1. The fraction of sp³-hybridized carbons (Fsp3) is 0.600. The number of methoxy groups -OCH3 is 1. The van der Waals surface area contributed by atoms with Crippen LogP contribution in [0.3, 0.4) is 0 Å². The Labute approximate surface area is 123 Å². The van der Waals surface area contributed by atoms with Gasteiger partial charge in [0.1, 0.15) is 15.9 Å². The number of hydrogen-bond acceptors (Lipinski definition) is 4. The Hall–Kier alpha value is 0.310. The molecule has 0 atom stereocenters. The van der Waals surface area contributed by atoms with Crippen LogP contribution in [0, 0.1) is 3.57 Å². The van der Waals surface area contributed by atoms with E-state index in [2.05, 4.69) is 9.97 Å². The molecule has 7 heteroatoms. The van der Waals surface area contributed by atoms with Crippen molar-refractivity contribution in [1.29, 1.82) is 0 Å². The van der Waals surface area contributed by atoms with Crippen molar-refractivity contribution in [2.45, 2.75) is 18.4 Å². The van der Waals surface area contributed by atoms with Gasteiger partial charge in [-0.25, -0.2) is 9.97 Å². The van der Waals surface area contributed by atoms with Crippen LogP contribution in [0.4, 0.5) is 0 Å². The highest BCUT2D eigenvalue weighted by Crippen LogP contribution is 2.35. The summed E-state index contributed by atoms with van der Waals surface area (Å²) in [7, 11) is 1.65. The number of rotatable bonds is 2. The molecule has 0 bridgehead atoms. The molecule has 94 valence electrons. The predicted molar refractivity (Wildman–Crippen MR) is 73.5 cm³/mol. The third kappa shape index (κ3) is 2.68. The van der Waals surface area contributed by atoms with Crippen molar-refractivity contribution >= 4 is 45.8 Å². The second-order valence-electron chi connectivity index (χ2n) is 3.75. The molecule has 1 aliphatic heterocycles. The van der Waals surface area contributed by atoms with Gasteiger partial charge < -0.3 is 9.47 Å². The lowest BCUT2D eigenvalue weighted by Crippen LogP contribution is -2.37. The van der Waals surface area contributed by atoms with Crippen LogP contribution in [0.25, 0.3) is 0 Å². The molecule has 0 N–H and O–H groups in total. The lowest BCUT2D eigenvalue weighted by molar-refractivity contribution is -0.1000. The topological polar surface area (TPSA) is 44.2 Å². The fourth-order valence-corrected chi connectivity index (χ4v) is 2.45. The van der Waals surface area contributed by atoms with Gasteiger partial charge in [-0.2, -0.15) is 0 Å². The van der Waals surface area contributed by atoms with Gasteiger partial charge in [-0.1, -0.05) is 23.2 Å². The number of hydrogen-bond donors (Lipinski definition) is 0. The second kappa shape index (κ2) is 5.52. The van der Waals surface area contributed by atoms with E-state index in [0.29, 0.717) is 45.8 Å². The van der Waals surface area contributed by atoms with Crippen molar-refractivity contribution in [3.8, 4) is 0 Å². The van der Waals surface area contributed by atoms with Gasteiger partial charge in [0.15, 0.2) is 5.82 Å². The Bertz CT molecular complexity index is 402.